The van der Waals surface area contributed by atoms with Crippen LogP contribution in [0.1, 0.15) is 38.3 Å². The third-order valence-corrected chi connectivity index (χ3v) is 9.86. The van der Waals surface area contributed by atoms with Gasteiger partial charge in [-0.2, -0.15) is 0 Å². The SMILES string of the molecule is Cc1ccc(S(=O)(=O)Nc2nc(C(c3ccc(C(=O)c4ccccc4)cc3)[Si](C)(C)C)cn2C)cc1. The lowest BCUT2D eigenvalue weighted by molar-refractivity contribution is 0.103. The van der Waals surface area contributed by atoms with E-state index >= 15 is 0 Å². The quantitative estimate of drug-likeness (QED) is 0.238. The second-order valence-corrected chi connectivity index (χ2v) is 17.1. The van der Waals surface area contributed by atoms with E-state index in [0.29, 0.717) is 11.1 Å². The number of carbonyl (C=O) groups is 1. The molecule has 0 aliphatic carbocycles. The number of ketones is 1. The van der Waals surface area contributed by atoms with Crippen LogP contribution in [0.3, 0.4) is 0 Å². The maximum atomic E-state index is 12.9. The molecule has 0 spiro atoms. The first-order valence-electron chi connectivity index (χ1n) is 11.8. The number of sulfonamides is 1. The van der Waals surface area contributed by atoms with Gasteiger partial charge in [-0.25, -0.2) is 18.1 Å². The van der Waals surface area contributed by atoms with Crippen LogP contribution in [0.15, 0.2) is 90.0 Å². The van der Waals surface area contributed by atoms with Crippen molar-refractivity contribution in [2.24, 2.45) is 7.05 Å². The van der Waals surface area contributed by atoms with Crippen LogP contribution in [0.5, 0.6) is 0 Å². The van der Waals surface area contributed by atoms with E-state index in [4.69, 9.17) is 4.98 Å². The second kappa shape index (κ2) is 9.87. The van der Waals surface area contributed by atoms with Gasteiger partial charge in [-0.1, -0.05) is 91.9 Å². The smallest absolute Gasteiger partial charge is 0.264 e. The number of imidazole rings is 1. The molecular weight excluding hydrogens is 486 g/mol. The first-order valence-corrected chi connectivity index (χ1v) is 16.8. The molecule has 0 saturated heterocycles. The van der Waals surface area contributed by atoms with Gasteiger partial charge in [-0.15, -0.1) is 0 Å². The fourth-order valence-electron chi connectivity index (χ4n) is 4.32. The number of rotatable bonds is 8. The minimum absolute atomic E-state index is 0.0159. The topological polar surface area (TPSA) is 81.1 Å². The second-order valence-electron chi connectivity index (χ2n) is 10.1. The normalized spacial score (nSPS) is 12.8. The summed E-state index contributed by atoms with van der Waals surface area (Å²) >= 11 is 0. The van der Waals surface area contributed by atoms with E-state index in [1.165, 1.54) is 0 Å². The fourth-order valence-corrected chi connectivity index (χ4v) is 7.58. The Morgan fingerprint density at radius 3 is 2.06 bits per heavy atom. The molecule has 0 amide bonds. The molecule has 4 aromatic rings. The third-order valence-electron chi connectivity index (χ3n) is 6.16. The molecule has 1 atom stereocenters. The van der Waals surface area contributed by atoms with Crippen molar-refractivity contribution in [1.82, 2.24) is 9.55 Å². The van der Waals surface area contributed by atoms with E-state index in [2.05, 4.69) is 24.4 Å². The molecule has 4 rings (SSSR count). The molecule has 0 aliphatic rings. The van der Waals surface area contributed by atoms with Gasteiger partial charge in [0.05, 0.1) is 18.7 Å². The van der Waals surface area contributed by atoms with Crippen LogP contribution in [0.4, 0.5) is 5.95 Å². The van der Waals surface area contributed by atoms with Crippen molar-refractivity contribution >= 4 is 29.8 Å². The van der Waals surface area contributed by atoms with E-state index < -0.39 is 18.1 Å². The van der Waals surface area contributed by atoms with Crippen LogP contribution in [0.25, 0.3) is 0 Å². The van der Waals surface area contributed by atoms with Crippen molar-refractivity contribution in [3.8, 4) is 0 Å². The Hall–Kier alpha value is -3.49. The maximum absolute atomic E-state index is 12.9. The summed E-state index contributed by atoms with van der Waals surface area (Å²) in [6.45, 7) is 8.68. The molecule has 36 heavy (non-hydrogen) atoms. The van der Waals surface area contributed by atoms with Crippen LogP contribution in [0, 0.1) is 6.92 Å². The van der Waals surface area contributed by atoms with E-state index in [9.17, 15) is 13.2 Å². The molecule has 1 N–H and O–H groups in total. The number of aryl methyl sites for hydroxylation is 2. The van der Waals surface area contributed by atoms with Crippen LogP contribution in [-0.4, -0.2) is 31.8 Å². The van der Waals surface area contributed by atoms with Gasteiger partial charge in [-0.3, -0.25) is 4.79 Å². The summed E-state index contributed by atoms with van der Waals surface area (Å²) in [5, 5.41) is 0. The van der Waals surface area contributed by atoms with Crippen molar-refractivity contribution in [1.29, 1.82) is 0 Å². The van der Waals surface area contributed by atoms with Crippen molar-refractivity contribution in [3.05, 3.63) is 113 Å². The standard InChI is InChI=1S/C28H31N3O3SSi/c1-20-11-17-24(18-12-20)35(33,34)30-28-29-25(19-31(28)2)27(36(3,4)5)23-15-13-22(14-16-23)26(32)21-9-7-6-8-10-21/h6-19,27H,1-5H3,(H,29,30). The maximum Gasteiger partial charge on any atom is 0.264 e. The Kier molecular flexibility index (Phi) is 7.02. The van der Waals surface area contributed by atoms with E-state index in [1.807, 2.05) is 67.7 Å². The van der Waals surface area contributed by atoms with Crippen LogP contribution in [-0.2, 0) is 17.1 Å². The van der Waals surface area contributed by atoms with Gasteiger partial charge in [0.2, 0.25) is 5.95 Å². The summed E-state index contributed by atoms with van der Waals surface area (Å²) in [4.78, 5) is 17.8. The largest absolute Gasteiger partial charge is 0.319 e. The molecule has 0 saturated carbocycles. The van der Waals surface area contributed by atoms with Crippen molar-refractivity contribution in [3.63, 3.8) is 0 Å². The zero-order valence-electron chi connectivity index (χ0n) is 21.2. The zero-order valence-corrected chi connectivity index (χ0v) is 23.0. The highest BCUT2D eigenvalue weighted by atomic mass is 32.2. The molecule has 0 fully saturated rings. The number of benzene rings is 3. The Morgan fingerprint density at radius 1 is 0.889 bits per heavy atom. The molecule has 3 aromatic carbocycles. The average Bonchev–Trinajstić information content (AvgIpc) is 3.17. The molecule has 0 radical (unpaired) electrons. The summed E-state index contributed by atoms with van der Waals surface area (Å²) in [6.07, 6.45) is 1.89. The molecular formula is C28H31N3O3SSi. The van der Waals surface area contributed by atoms with Crippen LogP contribution in [0.2, 0.25) is 19.6 Å². The number of aromatic nitrogens is 2. The molecule has 186 valence electrons. The summed E-state index contributed by atoms with van der Waals surface area (Å²) in [6, 6.07) is 23.6. The van der Waals surface area contributed by atoms with Gasteiger partial charge in [0, 0.05) is 29.9 Å². The van der Waals surface area contributed by atoms with Gasteiger partial charge in [0.1, 0.15) is 0 Å². The molecule has 8 heteroatoms. The number of hydrogen-bond acceptors (Lipinski definition) is 4. The highest BCUT2D eigenvalue weighted by Gasteiger charge is 2.33. The predicted molar refractivity (Wildman–Crippen MR) is 147 cm³/mol. The molecule has 1 heterocycles. The number of carbonyl (C=O) groups excluding carboxylic acids is 1. The number of anilines is 1. The average molecular weight is 518 g/mol. The minimum atomic E-state index is -3.77. The molecule has 1 unspecified atom stereocenters. The van der Waals surface area contributed by atoms with Crippen molar-refractivity contribution in [2.45, 2.75) is 37.0 Å². The zero-order chi connectivity index (χ0) is 26.1. The Balaban J connectivity index is 1.64. The number of nitrogens with zero attached hydrogens (tertiary/aromatic N) is 2. The first kappa shape index (κ1) is 25.6. The van der Waals surface area contributed by atoms with E-state index in [0.717, 1.165) is 16.8 Å². The minimum Gasteiger partial charge on any atom is -0.319 e. The monoisotopic (exact) mass is 517 g/mol. The highest BCUT2D eigenvalue weighted by molar-refractivity contribution is 7.92. The van der Waals surface area contributed by atoms with Gasteiger partial charge in [0.15, 0.2) is 5.78 Å². The predicted octanol–water partition coefficient (Wildman–Crippen LogP) is 5.77. The Bertz CT molecular complexity index is 1470. The Morgan fingerprint density at radius 2 is 1.47 bits per heavy atom. The first-order chi connectivity index (χ1) is 17.0. The van der Waals surface area contributed by atoms with Gasteiger partial charge < -0.3 is 4.57 Å². The van der Waals surface area contributed by atoms with Gasteiger partial charge in [-0.05, 0) is 24.6 Å². The molecule has 6 nitrogen and oxygen atoms in total. The summed E-state index contributed by atoms with van der Waals surface area (Å²) < 4.78 is 30.2. The Labute approximate surface area is 214 Å². The van der Waals surface area contributed by atoms with Crippen LogP contribution < -0.4 is 4.72 Å². The molecule has 1 aromatic heterocycles. The lowest BCUT2D eigenvalue weighted by Crippen LogP contribution is -2.32. The van der Waals surface area contributed by atoms with E-state index in [1.54, 1.807) is 35.9 Å². The number of hydrogen-bond donors (Lipinski definition) is 1. The highest BCUT2D eigenvalue weighted by Crippen LogP contribution is 2.34. The summed E-state index contributed by atoms with van der Waals surface area (Å²) in [7, 11) is -3.84. The number of nitrogens with one attached hydrogen (secondary N) is 1. The molecule has 0 aliphatic heterocycles. The lowest BCUT2D eigenvalue weighted by atomic mass is 10.0. The van der Waals surface area contributed by atoms with Gasteiger partial charge in [0.25, 0.3) is 10.0 Å². The van der Waals surface area contributed by atoms with E-state index in [-0.39, 0.29) is 22.2 Å². The van der Waals surface area contributed by atoms with Crippen molar-refractivity contribution < 1.29 is 13.2 Å². The summed E-state index contributed by atoms with van der Waals surface area (Å²) in [5.74, 6) is 0.252. The lowest BCUT2D eigenvalue weighted by Gasteiger charge is -2.28. The van der Waals surface area contributed by atoms with Crippen LogP contribution >= 0.6 is 0 Å². The molecule has 0 bridgehead atoms. The third kappa shape index (κ3) is 5.50. The summed E-state index contributed by atoms with van der Waals surface area (Å²) in [5.41, 5.74) is 4.16. The fraction of sp³-hybridized carbons (Fsp3) is 0.214. The van der Waals surface area contributed by atoms with Crippen molar-refractivity contribution in [2.75, 3.05) is 4.72 Å². The van der Waals surface area contributed by atoms with Gasteiger partial charge >= 0.3 is 0 Å².